The average molecular weight is 299 g/mol. The molecule has 0 saturated carbocycles. The van der Waals surface area contributed by atoms with Gasteiger partial charge in [-0.05, 0) is 12.1 Å². The van der Waals surface area contributed by atoms with Gasteiger partial charge in [-0.3, -0.25) is 19.5 Å². The summed E-state index contributed by atoms with van der Waals surface area (Å²) in [6, 6.07) is 9.76. The first kappa shape index (κ1) is 13.8. The molecule has 2 aromatic heterocycles. The van der Waals surface area contributed by atoms with Gasteiger partial charge in [-0.25, -0.2) is 9.67 Å². The second-order valence-electron chi connectivity index (χ2n) is 4.71. The second kappa shape index (κ2) is 5.68. The lowest BCUT2D eigenvalue weighted by atomic mass is 10.3. The summed E-state index contributed by atoms with van der Waals surface area (Å²) in [5, 5.41) is 4.93. The lowest BCUT2D eigenvalue weighted by Gasteiger charge is -2.05. The van der Waals surface area contributed by atoms with E-state index in [-0.39, 0.29) is 13.1 Å². The van der Waals surface area contributed by atoms with Crippen molar-refractivity contribution in [3.05, 3.63) is 62.9 Å². The fraction of sp³-hybridized carbons (Fsp3) is 0.143. The highest BCUT2D eigenvalue weighted by Gasteiger charge is 2.07. The van der Waals surface area contributed by atoms with Crippen LogP contribution < -0.4 is 16.4 Å². The molecule has 0 spiro atoms. The number of H-pyrrole nitrogens is 2. The van der Waals surface area contributed by atoms with Crippen molar-refractivity contribution in [3.8, 4) is 0 Å². The number of rotatable bonds is 4. The third-order valence-corrected chi connectivity index (χ3v) is 3.08. The van der Waals surface area contributed by atoms with Gasteiger partial charge in [-0.2, -0.15) is 0 Å². The number of nitrogens with one attached hydrogen (secondary N) is 3. The van der Waals surface area contributed by atoms with E-state index in [4.69, 9.17) is 0 Å². The van der Waals surface area contributed by atoms with Crippen LogP contribution >= 0.6 is 0 Å². The summed E-state index contributed by atoms with van der Waals surface area (Å²) in [6.07, 6.45) is 0. The largest absolute Gasteiger partial charge is 0.347 e. The Balaban J connectivity index is 1.66. The van der Waals surface area contributed by atoms with Crippen molar-refractivity contribution in [2.45, 2.75) is 13.1 Å². The standard InChI is InChI=1S/C14H13N5O3/c20-12-5-6-14(22)19(18-12)8-13(21)15-7-11-16-9-3-1-2-4-10(9)17-11/h1-6H,7-8H2,(H,15,21)(H,16,17)(H,18,20). The highest BCUT2D eigenvalue weighted by Crippen LogP contribution is 2.09. The van der Waals surface area contributed by atoms with Crippen molar-refractivity contribution < 1.29 is 4.79 Å². The molecule has 3 N–H and O–H groups in total. The molecule has 0 atom stereocenters. The molecule has 8 heteroatoms. The van der Waals surface area contributed by atoms with E-state index in [0.29, 0.717) is 5.82 Å². The maximum atomic E-state index is 11.8. The molecule has 0 saturated heterocycles. The highest BCUT2D eigenvalue weighted by molar-refractivity contribution is 5.76. The third kappa shape index (κ3) is 2.95. The number of fused-ring (bicyclic) bond motifs is 1. The average Bonchev–Trinajstić information content (AvgIpc) is 2.92. The van der Waals surface area contributed by atoms with Gasteiger partial charge in [0.05, 0.1) is 17.6 Å². The summed E-state index contributed by atoms with van der Waals surface area (Å²) in [7, 11) is 0. The summed E-state index contributed by atoms with van der Waals surface area (Å²) in [5.41, 5.74) is 0.814. The molecule has 0 fully saturated rings. The zero-order valence-electron chi connectivity index (χ0n) is 11.5. The molecule has 22 heavy (non-hydrogen) atoms. The Kier molecular flexibility index (Phi) is 3.57. The molecule has 0 aliphatic carbocycles. The Hall–Kier alpha value is -3.16. The van der Waals surface area contributed by atoms with Crippen LogP contribution in [0.1, 0.15) is 5.82 Å². The minimum atomic E-state index is -0.446. The van der Waals surface area contributed by atoms with Crippen LogP contribution in [0.3, 0.4) is 0 Å². The molecular weight excluding hydrogens is 286 g/mol. The third-order valence-electron chi connectivity index (χ3n) is 3.08. The van der Waals surface area contributed by atoms with Gasteiger partial charge in [0.15, 0.2) is 0 Å². The number of imidazole rings is 1. The molecule has 1 aromatic carbocycles. The first-order chi connectivity index (χ1) is 10.6. The van der Waals surface area contributed by atoms with Crippen LogP contribution in [0.5, 0.6) is 0 Å². The molecule has 1 amide bonds. The maximum absolute atomic E-state index is 11.8. The number of amides is 1. The van der Waals surface area contributed by atoms with Crippen LogP contribution in [0.2, 0.25) is 0 Å². The Morgan fingerprint density at radius 3 is 2.82 bits per heavy atom. The number of hydrogen-bond donors (Lipinski definition) is 3. The summed E-state index contributed by atoms with van der Waals surface area (Å²) in [5.74, 6) is 0.216. The number of benzene rings is 1. The predicted molar refractivity (Wildman–Crippen MR) is 79.3 cm³/mol. The Morgan fingerprint density at radius 2 is 2.00 bits per heavy atom. The molecule has 0 aliphatic rings. The van der Waals surface area contributed by atoms with Crippen molar-refractivity contribution in [1.29, 1.82) is 0 Å². The van der Waals surface area contributed by atoms with Crippen molar-refractivity contribution in [2.75, 3.05) is 0 Å². The van der Waals surface area contributed by atoms with E-state index < -0.39 is 17.0 Å². The summed E-state index contributed by atoms with van der Waals surface area (Å²) >= 11 is 0. The van der Waals surface area contributed by atoms with Crippen LogP contribution in [0.15, 0.2) is 46.0 Å². The van der Waals surface area contributed by atoms with Gasteiger partial charge in [-0.1, -0.05) is 12.1 Å². The maximum Gasteiger partial charge on any atom is 0.265 e. The number of carbonyl (C=O) groups excluding carboxylic acids is 1. The SMILES string of the molecule is O=C(Cn1[nH]c(=O)ccc1=O)NCc1nc2ccccc2[nH]1. The minimum Gasteiger partial charge on any atom is -0.347 e. The molecule has 112 valence electrons. The predicted octanol–water partition coefficient (Wildman–Crippen LogP) is -0.271. The smallest absolute Gasteiger partial charge is 0.265 e. The molecular formula is C14H13N5O3. The Labute approximate surface area is 123 Å². The van der Waals surface area contributed by atoms with Gasteiger partial charge in [0.1, 0.15) is 12.4 Å². The van der Waals surface area contributed by atoms with Gasteiger partial charge in [0.2, 0.25) is 5.91 Å². The minimum absolute atomic E-state index is 0.208. The topological polar surface area (TPSA) is 113 Å². The van der Waals surface area contributed by atoms with Gasteiger partial charge >= 0.3 is 0 Å². The molecule has 2 heterocycles. The van der Waals surface area contributed by atoms with Gasteiger partial charge in [0.25, 0.3) is 11.1 Å². The van der Waals surface area contributed by atoms with E-state index >= 15 is 0 Å². The van der Waals surface area contributed by atoms with E-state index in [1.54, 1.807) is 0 Å². The van der Waals surface area contributed by atoms with Crippen LogP contribution in [0.25, 0.3) is 11.0 Å². The molecule has 0 bridgehead atoms. The fourth-order valence-corrected chi connectivity index (χ4v) is 2.05. The van der Waals surface area contributed by atoms with E-state index in [1.165, 1.54) is 0 Å². The molecule has 0 aliphatic heterocycles. The number of aromatic nitrogens is 4. The zero-order valence-corrected chi connectivity index (χ0v) is 11.5. The van der Waals surface area contributed by atoms with Gasteiger partial charge in [0, 0.05) is 12.1 Å². The summed E-state index contributed by atoms with van der Waals surface area (Å²) in [6.45, 7) is -0.0472. The molecule has 3 rings (SSSR count). The Bertz CT molecular complexity index is 904. The van der Waals surface area contributed by atoms with Crippen molar-refractivity contribution >= 4 is 16.9 Å². The normalized spacial score (nSPS) is 10.7. The fourth-order valence-electron chi connectivity index (χ4n) is 2.05. The van der Waals surface area contributed by atoms with Crippen molar-refractivity contribution in [2.24, 2.45) is 0 Å². The number of aromatic amines is 2. The first-order valence-corrected chi connectivity index (χ1v) is 6.62. The summed E-state index contributed by atoms with van der Waals surface area (Å²) in [4.78, 5) is 41.9. The number of carbonyl (C=O) groups is 1. The van der Waals surface area contributed by atoms with Gasteiger partial charge < -0.3 is 10.3 Å². The molecule has 3 aromatic rings. The van der Waals surface area contributed by atoms with Crippen molar-refractivity contribution in [1.82, 2.24) is 25.1 Å². The van der Waals surface area contributed by atoms with E-state index in [0.717, 1.165) is 27.8 Å². The quantitative estimate of drug-likeness (QED) is 0.615. The lowest BCUT2D eigenvalue weighted by molar-refractivity contribution is -0.122. The van der Waals surface area contributed by atoms with Crippen LogP contribution in [-0.2, 0) is 17.9 Å². The number of hydrogen-bond acceptors (Lipinski definition) is 4. The molecule has 0 unspecified atom stereocenters. The lowest BCUT2D eigenvalue weighted by Crippen LogP contribution is -2.35. The van der Waals surface area contributed by atoms with Crippen molar-refractivity contribution in [3.63, 3.8) is 0 Å². The number of nitrogens with zero attached hydrogens (tertiary/aromatic N) is 2. The van der Waals surface area contributed by atoms with E-state index in [2.05, 4.69) is 20.4 Å². The monoisotopic (exact) mass is 299 g/mol. The van der Waals surface area contributed by atoms with Crippen LogP contribution in [-0.4, -0.2) is 25.7 Å². The number of para-hydroxylation sites is 2. The van der Waals surface area contributed by atoms with E-state index in [9.17, 15) is 14.4 Å². The zero-order chi connectivity index (χ0) is 15.5. The van der Waals surface area contributed by atoms with Crippen LogP contribution in [0, 0.1) is 0 Å². The summed E-state index contributed by atoms with van der Waals surface area (Å²) < 4.78 is 0.955. The highest BCUT2D eigenvalue weighted by atomic mass is 16.2. The van der Waals surface area contributed by atoms with Crippen LogP contribution in [0.4, 0.5) is 0 Å². The molecule has 0 radical (unpaired) electrons. The second-order valence-corrected chi connectivity index (χ2v) is 4.71. The first-order valence-electron chi connectivity index (χ1n) is 6.62. The van der Waals surface area contributed by atoms with E-state index in [1.807, 2.05) is 24.3 Å². The molecule has 8 nitrogen and oxygen atoms in total. The Morgan fingerprint density at radius 1 is 1.18 bits per heavy atom. The van der Waals surface area contributed by atoms with Gasteiger partial charge in [-0.15, -0.1) is 0 Å².